The van der Waals surface area contributed by atoms with Crippen LogP contribution in [0.25, 0.3) is 0 Å². The van der Waals surface area contributed by atoms with E-state index in [4.69, 9.17) is 11.6 Å². The Morgan fingerprint density at radius 3 is 2.18 bits per heavy atom. The van der Waals surface area contributed by atoms with Crippen molar-refractivity contribution in [3.8, 4) is 0 Å². The molecule has 0 aromatic heterocycles. The van der Waals surface area contributed by atoms with Gasteiger partial charge in [-0.3, -0.25) is 0 Å². The average Bonchev–Trinajstić information content (AvgIpc) is 2.33. The van der Waals surface area contributed by atoms with Gasteiger partial charge in [0.1, 0.15) is 0 Å². The molecule has 2 aromatic rings. The van der Waals surface area contributed by atoms with Crippen molar-refractivity contribution >= 4 is 27.0 Å². The summed E-state index contributed by atoms with van der Waals surface area (Å²) in [6, 6.07) is 16.2. The van der Waals surface area contributed by atoms with Gasteiger partial charge in [-0.25, -0.2) is 4.21 Å². The molecule has 0 radical (unpaired) electrons. The fraction of sp³-hybridized carbons (Fsp3) is 0.0769. The average molecular weight is 266 g/mol. The van der Waals surface area contributed by atoms with Crippen molar-refractivity contribution in [1.82, 2.24) is 0 Å². The van der Waals surface area contributed by atoms with E-state index in [1.165, 1.54) is 0 Å². The van der Waals surface area contributed by atoms with Gasteiger partial charge >= 0.3 is 0 Å². The summed E-state index contributed by atoms with van der Waals surface area (Å²) >= 11 is 5.79. The molecular formula is C13H12ClNOS. The van der Waals surface area contributed by atoms with Gasteiger partial charge in [0.15, 0.2) is 0 Å². The monoisotopic (exact) mass is 265 g/mol. The molecule has 88 valence electrons. The number of hydrogen-bond donors (Lipinski definition) is 0. The molecule has 0 bridgehead atoms. The lowest BCUT2D eigenvalue weighted by molar-refractivity contribution is 0.681. The minimum absolute atomic E-state index is 0.645. The van der Waals surface area contributed by atoms with E-state index >= 15 is 0 Å². The maximum absolute atomic E-state index is 12.4. The Labute approximate surface area is 106 Å². The van der Waals surface area contributed by atoms with Crippen LogP contribution < -0.4 is 0 Å². The van der Waals surface area contributed by atoms with Crippen LogP contribution in [0.3, 0.4) is 0 Å². The number of rotatable bonds is 2. The van der Waals surface area contributed by atoms with Crippen LogP contribution in [0.2, 0.25) is 5.02 Å². The van der Waals surface area contributed by atoms with E-state index < -0.39 is 9.73 Å². The van der Waals surface area contributed by atoms with Crippen molar-refractivity contribution in [2.45, 2.75) is 4.90 Å². The second-order valence-electron chi connectivity index (χ2n) is 3.68. The highest BCUT2D eigenvalue weighted by atomic mass is 35.5. The SMILES string of the molecule is C[S@](=O)(=Nc1ccc(Cl)cc1)c1ccccc1. The second-order valence-corrected chi connectivity index (χ2v) is 6.38. The second kappa shape index (κ2) is 4.90. The Bertz CT molecular complexity index is 614. The summed E-state index contributed by atoms with van der Waals surface area (Å²) in [5, 5.41) is 0.645. The molecule has 0 unspecified atom stereocenters. The third-order valence-electron chi connectivity index (χ3n) is 2.29. The summed E-state index contributed by atoms with van der Waals surface area (Å²) in [5.74, 6) is 0. The zero-order chi connectivity index (χ0) is 12.3. The molecule has 2 nitrogen and oxygen atoms in total. The molecule has 0 fully saturated rings. The zero-order valence-corrected chi connectivity index (χ0v) is 10.9. The molecule has 0 aliphatic heterocycles. The van der Waals surface area contributed by atoms with Crippen LogP contribution in [-0.4, -0.2) is 10.5 Å². The predicted molar refractivity (Wildman–Crippen MR) is 72.3 cm³/mol. The molecule has 0 heterocycles. The first-order chi connectivity index (χ1) is 8.08. The van der Waals surface area contributed by atoms with Crippen LogP contribution >= 0.6 is 11.6 Å². The van der Waals surface area contributed by atoms with Gasteiger partial charge in [-0.05, 0) is 36.4 Å². The molecule has 2 rings (SSSR count). The van der Waals surface area contributed by atoms with E-state index in [2.05, 4.69) is 4.36 Å². The molecule has 0 N–H and O–H groups in total. The van der Waals surface area contributed by atoms with Gasteiger partial charge in [0.25, 0.3) is 0 Å². The van der Waals surface area contributed by atoms with E-state index in [1.807, 2.05) is 30.3 Å². The topological polar surface area (TPSA) is 29.4 Å². The number of hydrogen-bond acceptors (Lipinski definition) is 2. The lowest BCUT2D eigenvalue weighted by atomic mass is 10.3. The third-order valence-corrected chi connectivity index (χ3v) is 4.24. The normalized spacial score (nSPS) is 14.0. The first kappa shape index (κ1) is 12.1. The van der Waals surface area contributed by atoms with Crippen LogP contribution in [0.4, 0.5) is 5.69 Å². The first-order valence-corrected chi connectivity index (χ1v) is 7.41. The largest absolute Gasteiger partial charge is 0.245 e. The highest BCUT2D eigenvalue weighted by Crippen LogP contribution is 2.21. The van der Waals surface area contributed by atoms with Gasteiger partial charge in [0, 0.05) is 16.2 Å². The summed E-state index contributed by atoms with van der Waals surface area (Å²) < 4.78 is 16.7. The lowest BCUT2D eigenvalue weighted by Crippen LogP contribution is -1.95. The molecule has 0 saturated heterocycles. The Morgan fingerprint density at radius 2 is 1.59 bits per heavy atom. The van der Waals surface area contributed by atoms with Crippen LogP contribution in [-0.2, 0) is 9.73 Å². The maximum Gasteiger partial charge on any atom is 0.0771 e. The predicted octanol–water partition coefficient (Wildman–Crippen LogP) is 4.13. The molecule has 0 spiro atoms. The van der Waals surface area contributed by atoms with E-state index in [-0.39, 0.29) is 0 Å². The summed E-state index contributed by atoms with van der Waals surface area (Å²) in [6.45, 7) is 0. The Kier molecular flexibility index (Phi) is 3.50. The van der Waals surface area contributed by atoms with Gasteiger partial charge in [0.2, 0.25) is 0 Å². The van der Waals surface area contributed by atoms with Crippen molar-refractivity contribution < 1.29 is 4.21 Å². The summed E-state index contributed by atoms with van der Waals surface area (Å²) in [5.41, 5.74) is 0.672. The Balaban J connectivity index is 2.46. The quantitative estimate of drug-likeness (QED) is 0.803. The molecule has 2 aromatic carbocycles. The maximum atomic E-state index is 12.4. The van der Waals surface area contributed by atoms with Gasteiger partial charge in [-0.1, -0.05) is 29.8 Å². The van der Waals surface area contributed by atoms with Gasteiger partial charge in [-0.15, -0.1) is 0 Å². The van der Waals surface area contributed by atoms with Gasteiger partial charge in [0.05, 0.1) is 15.4 Å². The van der Waals surface area contributed by atoms with Crippen molar-refractivity contribution in [3.05, 3.63) is 59.6 Å². The molecule has 0 aliphatic rings. The van der Waals surface area contributed by atoms with Crippen LogP contribution in [0.15, 0.2) is 63.9 Å². The summed E-state index contributed by atoms with van der Waals surface area (Å²) in [4.78, 5) is 0.731. The zero-order valence-electron chi connectivity index (χ0n) is 9.34. The van der Waals surface area contributed by atoms with Crippen LogP contribution in [0.1, 0.15) is 0 Å². The molecule has 0 saturated carbocycles. The number of halogens is 1. The van der Waals surface area contributed by atoms with Crippen molar-refractivity contribution in [2.75, 3.05) is 6.26 Å². The Morgan fingerprint density at radius 1 is 1.00 bits per heavy atom. The van der Waals surface area contributed by atoms with E-state index in [0.29, 0.717) is 10.7 Å². The third kappa shape index (κ3) is 3.08. The fourth-order valence-electron chi connectivity index (χ4n) is 1.43. The summed E-state index contributed by atoms with van der Waals surface area (Å²) in [7, 11) is -2.39. The molecular weight excluding hydrogens is 254 g/mol. The standard InChI is InChI=1S/C13H12ClNOS/c1-17(16,13-5-3-2-4-6-13)15-12-9-7-11(14)8-10-12/h2-10H,1H3/t17-/m1/s1. The summed E-state index contributed by atoms with van der Waals surface area (Å²) in [6.07, 6.45) is 1.64. The molecule has 4 heteroatoms. The fourth-order valence-corrected chi connectivity index (χ4v) is 2.85. The van der Waals surface area contributed by atoms with Gasteiger partial charge < -0.3 is 0 Å². The minimum atomic E-state index is -2.39. The molecule has 0 amide bonds. The van der Waals surface area contributed by atoms with E-state index in [9.17, 15) is 4.21 Å². The van der Waals surface area contributed by atoms with Crippen molar-refractivity contribution in [2.24, 2.45) is 4.36 Å². The molecule has 17 heavy (non-hydrogen) atoms. The van der Waals surface area contributed by atoms with Crippen LogP contribution in [0.5, 0.6) is 0 Å². The minimum Gasteiger partial charge on any atom is -0.245 e. The Hall–Kier alpha value is -1.32. The number of nitrogens with zero attached hydrogens (tertiary/aromatic N) is 1. The van der Waals surface area contributed by atoms with Gasteiger partial charge in [-0.2, -0.15) is 4.36 Å². The highest BCUT2D eigenvalue weighted by Gasteiger charge is 2.04. The first-order valence-electron chi connectivity index (χ1n) is 5.11. The lowest BCUT2D eigenvalue weighted by Gasteiger charge is -2.04. The van der Waals surface area contributed by atoms with E-state index in [1.54, 1.807) is 30.5 Å². The van der Waals surface area contributed by atoms with Crippen LogP contribution in [0, 0.1) is 0 Å². The molecule has 0 aliphatic carbocycles. The highest BCUT2D eigenvalue weighted by molar-refractivity contribution is 7.93. The van der Waals surface area contributed by atoms with E-state index in [0.717, 1.165) is 4.90 Å². The van der Waals surface area contributed by atoms with Crippen molar-refractivity contribution in [1.29, 1.82) is 0 Å². The number of benzene rings is 2. The molecule has 1 atom stereocenters. The van der Waals surface area contributed by atoms with Crippen molar-refractivity contribution in [3.63, 3.8) is 0 Å². The smallest absolute Gasteiger partial charge is 0.0771 e.